The van der Waals surface area contributed by atoms with Crippen LogP contribution in [0.4, 0.5) is 0 Å². The minimum absolute atomic E-state index is 0.488. The molecule has 2 rings (SSSR count). The molecule has 0 aromatic heterocycles. The van der Waals surface area contributed by atoms with E-state index < -0.39 is 0 Å². The number of nitrogens with zero attached hydrogens (tertiary/aromatic N) is 2. The molecule has 2 unspecified atom stereocenters. The zero-order chi connectivity index (χ0) is 18.6. The summed E-state index contributed by atoms with van der Waals surface area (Å²) in [6.07, 6.45) is 3.27. The third-order valence-corrected chi connectivity index (χ3v) is 4.85. The van der Waals surface area contributed by atoms with E-state index in [-0.39, 0.29) is 0 Å². The molecule has 2 atom stereocenters. The lowest BCUT2D eigenvalue weighted by atomic mass is 9.97. The Hall–Kier alpha value is -1.59. The first-order valence-electron chi connectivity index (χ1n) is 10.1. The molecule has 1 fully saturated rings. The normalized spacial score (nSPS) is 21.6. The molecule has 1 saturated heterocycles. The zero-order valence-corrected chi connectivity index (χ0v) is 16.7. The molecule has 1 aromatic carbocycles. The minimum Gasteiger partial charge on any atom is -0.382 e. The highest BCUT2D eigenvalue weighted by molar-refractivity contribution is 5.80. The van der Waals surface area contributed by atoms with Crippen molar-refractivity contribution in [1.82, 2.24) is 15.5 Å². The van der Waals surface area contributed by atoms with Gasteiger partial charge in [0.15, 0.2) is 5.96 Å². The number of rotatable bonds is 9. The topological polar surface area (TPSA) is 48.9 Å². The maximum Gasteiger partial charge on any atom is 0.191 e. The van der Waals surface area contributed by atoms with Crippen molar-refractivity contribution < 1.29 is 4.74 Å². The molecule has 1 aromatic rings. The predicted octanol–water partition coefficient (Wildman–Crippen LogP) is 3.02. The Kier molecular flexibility index (Phi) is 9.50. The van der Waals surface area contributed by atoms with Gasteiger partial charge < -0.3 is 15.4 Å². The van der Waals surface area contributed by atoms with E-state index in [1.54, 1.807) is 0 Å². The fourth-order valence-corrected chi connectivity index (χ4v) is 3.42. The third-order valence-electron chi connectivity index (χ3n) is 4.85. The molecule has 5 nitrogen and oxygen atoms in total. The van der Waals surface area contributed by atoms with Crippen LogP contribution in [0.25, 0.3) is 0 Å². The SMILES string of the molecule is CCNC(=NCCCOCC)NC1CCN(Cc2ccccc2)C(C)C1. The lowest BCUT2D eigenvalue weighted by Gasteiger charge is -2.38. The Morgan fingerprint density at radius 1 is 1.27 bits per heavy atom. The van der Waals surface area contributed by atoms with Gasteiger partial charge in [0.1, 0.15) is 0 Å². The highest BCUT2D eigenvalue weighted by Gasteiger charge is 2.25. The molecular formula is C21H36N4O. The molecule has 1 aliphatic rings. The molecule has 0 aliphatic carbocycles. The lowest BCUT2D eigenvalue weighted by Crippen LogP contribution is -2.51. The van der Waals surface area contributed by atoms with Crippen molar-refractivity contribution >= 4 is 5.96 Å². The van der Waals surface area contributed by atoms with Crippen molar-refractivity contribution in [3.63, 3.8) is 0 Å². The van der Waals surface area contributed by atoms with Gasteiger partial charge in [-0.1, -0.05) is 30.3 Å². The van der Waals surface area contributed by atoms with E-state index in [4.69, 9.17) is 9.73 Å². The average molecular weight is 361 g/mol. The smallest absolute Gasteiger partial charge is 0.191 e. The molecule has 146 valence electrons. The van der Waals surface area contributed by atoms with Crippen LogP contribution in [0.15, 0.2) is 35.3 Å². The van der Waals surface area contributed by atoms with Crippen molar-refractivity contribution in [2.75, 3.05) is 32.8 Å². The van der Waals surface area contributed by atoms with Crippen molar-refractivity contribution in [1.29, 1.82) is 0 Å². The zero-order valence-electron chi connectivity index (χ0n) is 16.7. The first kappa shape index (κ1) is 20.7. The molecule has 0 amide bonds. The molecule has 26 heavy (non-hydrogen) atoms. The van der Waals surface area contributed by atoms with Gasteiger partial charge in [-0.25, -0.2) is 0 Å². The molecule has 0 bridgehead atoms. The van der Waals surface area contributed by atoms with E-state index in [0.29, 0.717) is 12.1 Å². The Balaban J connectivity index is 1.79. The number of hydrogen-bond donors (Lipinski definition) is 2. The second kappa shape index (κ2) is 11.9. The van der Waals surface area contributed by atoms with E-state index in [1.165, 1.54) is 5.56 Å². The monoisotopic (exact) mass is 360 g/mol. The van der Waals surface area contributed by atoms with Crippen molar-refractivity contribution in [3.05, 3.63) is 35.9 Å². The lowest BCUT2D eigenvalue weighted by molar-refractivity contribution is 0.134. The number of guanidine groups is 1. The summed E-state index contributed by atoms with van der Waals surface area (Å²) in [7, 11) is 0. The number of nitrogens with one attached hydrogen (secondary N) is 2. The van der Waals surface area contributed by atoms with Gasteiger partial charge in [-0.3, -0.25) is 9.89 Å². The molecule has 2 N–H and O–H groups in total. The summed E-state index contributed by atoms with van der Waals surface area (Å²) in [5, 5.41) is 7.01. The number of aliphatic imine (C=N–C) groups is 1. The summed E-state index contributed by atoms with van der Waals surface area (Å²) in [5.41, 5.74) is 1.40. The number of hydrogen-bond acceptors (Lipinski definition) is 3. The Bertz CT molecular complexity index is 520. The van der Waals surface area contributed by atoms with Crippen molar-refractivity contribution in [2.24, 2.45) is 4.99 Å². The van der Waals surface area contributed by atoms with Gasteiger partial charge in [0.2, 0.25) is 0 Å². The second-order valence-electron chi connectivity index (χ2n) is 6.98. The summed E-state index contributed by atoms with van der Waals surface area (Å²) in [6.45, 7) is 11.9. The van der Waals surface area contributed by atoms with Crippen LogP contribution in [0.5, 0.6) is 0 Å². The largest absolute Gasteiger partial charge is 0.382 e. The van der Waals surface area contributed by atoms with Crippen LogP contribution >= 0.6 is 0 Å². The summed E-state index contributed by atoms with van der Waals surface area (Å²) in [5.74, 6) is 0.942. The molecule has 0 spiro atoms. The molecule has 0 radical (unpaired) electrons. The summed E-state index contributed by atoms with van der Waals surface area (Å²) in [6, 6.07) is 11.8. The predicted molar refractivity (Wildman–Crippen MR) is 110 cm³/mol. The van der Waals surface area contributed by atoms with Crippen LogP contribution in [0.3, 0.4) is 0 Å². The molecular weight excluding hydrogens is 324 g/mol. The van der Waals surface area contributed by atoms with Gasteiger partial charge in [-0.05, 0) is 45.6 Å². The van der Waals surface area contributed by atoms with Crippen LogP contribution in [-0.4, -0.2) is 55.8 Å². The Morgan fingerprint density at radius 3 is 2.77 bits per heavy atom. The van der Waals surface area contributed by atoms with E-state index in [1.807, 2.05) is 6.92 Å². The van der Waals surface area contributed by atoms with Crippen LogP contribution in [0, 0.1) is 0 Å². The van der Waals surface area contributed by atoms with E-state index >= 15 is 0 Å². The highest BCUT2D eigenvalue weighted by atomic mass is 16.5. The fraction of sp³-hybridized carbons (Fsp3) is 0.667. The number of piperidine rings is 1. The summed E-state index contributed by atoms with van der Waals surface area (Å²) < 4.78 is 5.38. The highest BCUT2D eigenvalue weighted by Crippen LogP contribution is 2.19. The van der Waals surface area contributed by atoms with E-state index in [0.717, 1.165) is 64.6 Å². The number of ether oxygens (including phenoxy) is 1. The Labute approximate surface area is 159 Å². The van der Waals surface area contributed by atoms with Gasteiger partial charge in [0.05, 0.1) is 0 Å². The van der Waals surface area contributed by atoms with Gasteiger partial charge >= 0.3 is 0 Å². The average Bonchev–Trinajstić information content (AvgIpc) is 2.65. The van der Waals surface area contributed by atoms with E-state index in [9.17, 15) is 0 Å². The minimum atomic E-state index is 0.488. The van der Waals surface area contributed by atoms with Crippen molar-refractivity contribution in [3.8, 4) is 0 Å². The number of likely N-dealkylation sites (tertiary alicyclic amines) is 1. The summed E-state index contributed by atoms with van der Waals surface area (Å²) in [4.78, 5) is 7.28. The maximum absolute atomic E-state index is 5.38. The van der Waals surface area contributed by atoms with Gasteiger partial charge in [-0.2, -0.15) is 0 Å². The fourth-order valence-electron chi connectivity index (χ4n) is 3.42. The van der Waals surface area contributed by atoms with E-state index in [2.05, 4.69) is 59.7 Å². The molecule has 5 heteroatoms. The maximum atomic E-state index is 5.38. The molecule has 1 aliphatic heterocycles. The summed E-state index contributed by atoms with van der Waals surface area (Å²) >= 11 is 0. The van der Waals surface area contributed by atoms with Gasteiger partial charge in [0, 0.05) is 51.5 Å². The Morgan fingerprint density at radius 2 is 2.08 bits per heavy atom. The van der Waals surface area contributed by atoms with Crippen molar-refractivity contribution in [2.45, 2.75) is 58.7 Å². The van der Waals surface area contributed by atoms with Crippen LogP contribution in [0.2, 0.25) is 0 Å². The van der Waals surface area contributed by atoms with Crippen LogP contribution in [0.1, 0.15) is 45.6 Å². The quantitative estimate of drug-likeness (QED) is 0.404. The van der Waals surface area contributed by atoms with Gasteiger partial charge in [0.25, 0.3) is 0 Å². The van der Waals surface area contributed by atoms with Gasteiger partial charge in [-0.15, -0.1) is 0 Å². The first-order valence-corrected chi connectivity index (χ1v) is 10.1. The second-order valence-corrected chi connectivity index (χ2v) is 6.98. The van der Waals surface area contributed by atoms with Crippen LogP contribution < -0.4 is 10.6 Å². The third kappa shape index (κ3) is 7.34. The molecule has 1 heterocycles. The number of benzene rings is 1. The molecule has 0 saturated carbocycles. The van der Waals surface area contributed by atoms with Crippen LogP contribution in [-0.2, 0) is 11.3 Å². The first-order chi connectivity index (χ1) is 12.7. The standard InChI is InChI=1S/C21H36N4O/c1-4-22-21(23-13-9-15-26-5-2)24-20-12-14-25(18(3)16-20)17-19-10-7-6-8-11-19/h6-8,10-11,18,20H,4-5,9,12-17H2,1-3H3,(H2,22,23,24).